The van der Waals surface area contributed by atoms with E-state index in [4.69, 9.17) is 0 Å². The van der Waals surface area contributed by atoms with E-state index in [2.05, 4.69) is 260 Å². The van der Waals surface area contributed by atoms with Gasteiger partial charge in [-0.2, -0.15) is 0 Å². The molecule has 0 spiro atoms. The molecule has 0 aromatic heterocycles. The van der Waals surface area contributed by atoms with Crippen molar-refractivity contribution in [2.24, 2.45) is 0 Å². The van der Waals surface area contributed by atoms with Gasteiger partial charge in [0, 0.05) is 135 Å². The normalized spacial score (nSPS) is 12.5. The molecule has 1 heterocycles. The van der Waals surface area contributed by atoms with Crippen LogP contribution >= 0.6 is 35.3 Å². The van der Waals surface area contributed by atoms with Crippen molar-refractivity contribution in [3.63, 3.8) is 0 Å². The Morgan fingerprint density at radius 1 is 0.222 bits per heavy atom. The second kappa shape index (κ2) is 19.8. The van der Waals surface area contributed by atoms with Crippen LogP contribution in [0.1, 0.15) is 33.4 Å². The summed E-state index contributed by atoms with van der Waals surface area (Å²) in [5.74, 6) is 0. The summed E-state index contributed by atoms with van der Waals surface area (Å²) in [4.78, 5) is 13.0. The fourth-order valence-corrected chi connectivity index (χ4v) is 12.4. The molecule has 324 valence electrons. The fraction of sp³-hybridized carbons (Fsp3) is 0.222. The van der Waals surface area contributed by atoms with Crippen molar-refractivity contribution in [2.45, 2.75) is 0 Å². The average molecular weight is 889 g/mol. The molecule has 6 aromatic carbocycles. The molecule has 0 saturated carbocycles. The van der Waals surface area contributed by atoms with Crippen LogP contribution in [0.5, 0.6) is 0 Å². The molecule has 0 radical (unpaired) electrons. The Morgan fingerprint density at radius 2 is 0.349 bits per heavy atom. The van der Waals surface area contributed by atoms with Crippen LogP contribution in [0.25, 0.3) is 16.7 Å². The molecule has 1 saturated heterocycles. The molecule has 1 fully saturated rings. The molecule has 0 amide bonds. The molecule has 1 aliphatic heterocycles. The van der Waals surface area contributed by atoms with Crippen LogP contribution in [0.3, 0.4) is 0 Å². The summed E-state index contributed by atoms with van der Waals surface area (Å²) in [6, 6.07) is 54.3. The van der Waals surface area contributed by atoms with E-state index in [0.29, 0.717) is 0 Å². The van der Waals surface area contributed by atoms with Gasteiger partial charge in [-0.15, -0.1) is 0 Å². The van der Waals surface area contributed by atoms with Gasteiger partial charge in [0.15, 0.2) is 0 Å². The SMILES string of the molecule is CN(C)c1ccc(C(=C2SC(=C(c3ccc(N(C)C)cc3)c3ccc(N(C)C)cc3)SC(=C(c3ccc(N(C)C)cc3)c3ccc(N(C)C)cc3)S2)c2ccc(N(C)C)cc2)cc1. The molecule has 7 rings (SSSR count). The van der Waals surface area contributed by atoms with E-state index in [-0.39, 0.29) is 0 Å². The highest BCUT2D eigenvalue weighted by Crippen LogP contribution is 2.62. The minimum Gasteiger partial charge on any atom is -0.378 e. The van der Waals surface area contributed by atoms with Crippen LogP contribution in [0.15, 0.2) is 158 Å². The molecule has 0 N–H and O–H groups in total. The van der Waals surface area contributed by atoms with Crippen LogP contribution in [0.2, 0.25) is 0 Å². The number of anilines is 6. The van der Waals surface area contributed by atoms with Crippen molar-refractivity contribution in [1.82, 2.24) is 0 Å². The molecule has 9 heteroatoms. The van der Waals surface area contributed by atoms with Gasteiger partial charge >= 0.3 is 0 Å². The second-order valence-corrected chi connectivity index (χ2v) is 20.8. The lowest BCUT2D eigenvalue weighted by atomic mass is 9.98. The maximum atomic E-state index is 2.29. The average Bonchev–Trinajstić information content (AvgIpc) is 3.28. The van der Waals surface area contributed by atoms with Crippen LogP contribution < -0.4 is 29.4 Å². The minimum absolute atomic E-state index is 1.17. The summed E-state index contributed by atoms with van der Waals surface area (Å²) in [7, 11) is 25.2. The first-order chi connectivity index (χ1) is 30.2. The van der Waals surface area contributed by atoms with Gasteiger partial charge in [-0.3, -0.25) is 0 Å². The number of nitrogens with zero attached hydrogens (tertiary/aromatic N) is 6. The maximum Gasteiger partial charge on any atom is 0.0594 e. The van der Waals surface area contributed by atoms with Crippen LogP contribution in [0.4, 0.5) is 34.1 Å². The van der Waals surface area contributed by atoms with E-state index < -0.39 is 0 Å². The maximum absolute atomic E-state index is 2.29. The summed E-state index contributed by atoms with van der Waals surface area (Å²) >= 11 is 5.67. The Hall–Kier alpha value is -5.61. The van der Waals surface area contributed by atoms with E-state index in [1.807, 2.05) is 35.3 Å². The van der Waals surface area contributed by atoms with Crippen molar-refractivity contribution in [2.75, 3.05) is 114 Å². The monoisotopic (exact) mass is 888 g/mol. The topological polar surface area (TPSA) is 19.4 Å². The number of hydrogen-bond acceptors (Lipinski definition) is 9. The quantitative estimate of drug-likeness (QED) is 0.119. The highest BCUT2D eigenvalue weighted by Gasteiger charge is 2.30. The summed E-state index contributed by atoms with van der Waals surface area (Å²) in [6.07, 6.45) is 0. The van der Waals surface area contributed by atoms with Gasteiger partial charge in [-0.1, -0.05) is 108 Å². The Morgan fingerprint density at radius 3 is 0.460 bits per heavy atom. The van der Waals surface area contributed by atoms with Crippen molar-refractivity contribution in [1.29, 1.82) is 0 Å². The smallest absolute Gasteiger partial charge is 0.0594 e. The van der Waals surface area contributed by atoms with Crippen molar-refractivity contribution in [3.05, 3.63) is 192 Å². The van der Waals surface area contributed by atoms with Gasteiger partial charge in [0.2, 0.25) is 0 Å². The molecule has 63 heavy (non-hydrogen) atoms. The van der Waals surface area contributed by atoms with Gasteiger partial charge < -0.3 is 29.4 Å². The van der Waals surface area contributed by atoms with Crippen molar-refractivity contribution in [3.8, 4) is 0 Å². The zero-order valence-corrected chi connectivity index (χ0v) is 41.2. The lowest BCUT2D eigenvalue weighted by molar-refractivity contribution is 1.13. The predicted molar refractivity (Wildman–Crippen MR) is 285 cm³/mol. The van der Waals surface area contributed by atoms with Crippen molar-refractivity contribution >= 4 is 86.1 Å². The Labute approximate surface area is 389 Å². The second-order valence-electron chi connectivity index (χ2n) is 16.9. The number of hydrogen-bond donors (Lipinski definition) is 0. The predicted octanol–water partition coefficient (Wildman–Crippen LogP) is 12.8. The Bertz CT molecular complexity index is 2120. The molecule has 0 bridgehead atoms. The molecule has 0 atom stereocenters. The van der Waals surface area contributed by atoms with Crippen LogP contribution in [0, 0.1) is 0 Å². The van der Waals surface area contributed by atoms with Gasteiger partial charge in [0.05, 0.1) is 12.7 Å². The molecule has 6 nitrogen and oxygen atoms in total. The van der Waals surface area contributed by atoms with E-state index in [1.54, 1.807) is 0 Å². The first kappa shape index (κ1) is 45.4. The molecule has 0 aliphatic carbocycles. The summed E-state index contributed by atoms with van der Waals surface area (Å²) in [6.45, 7) is 0. The molecular formula is C54H60N6S3. The Kier molecular flexibility index (Phi) is 14.3. The van der Waals surface area contributed by atoms with E-state index in [1.165, 1.54) is 96.9 Å². The Balaban J connectivity index is 1.59. The summed E-state index contributed by atoms with van der Waals surface area (Å²) in [5, 5.41) is 0. The molecular weight excluding hydrogens is 829 g/mol. The summed E-state index contributed by atoms with van der Waals surface area (Å²) in [5.41, 5.74) is 17.7. The van der Waals surface area contributed by atoms with Crippen LogP contribution in [-0.2, 0) is 0 Å². The number of rotatable bonds is 12. The van der Waals surface area contributed by atoms with Gasteiger partial charge in [0.1, 0.15) is 0 Å². The number of thioether (sulfide) groups is 3. The van der Waals surface area contributed by atoms with Gasteiger partial charge in [0.25, 0.3) is 0 Å². The molecule has 0 unspecified atom stereocenters. The minimum atomic E-state index is 1.17. The zero-order valence-electron chi connectivity index (χ0n) is 38.8. The van der Waals surface area contributed by atoms with E-state index >= 15 is 0 Å². The zero-order chi connectivity index (χ0) is 44.9. The lowest BCUT2D eigenvalue weighted by Crippen LogP contribution is -2.09. The van der Waals surface area contributed by atoms with E-state index in [0.717, 1.165) is 0 Å². The van der Waals surface area contributed by atoms with Crippen molar-refractivity contribution < 1.29 is 0 Å². The van der Waals surface area contributed by atoms with Gasteiger partial charge in [-0.05, 0) is 106 Å². The van der Waals surface area contributed by atoms with Crippen LogP contribution in [-0.4, -0.2) is 84.6 Å². The number of benzene rings is 6. The first-order valence-corrected chi connectivity index (χ1v) is 23.6. The largest absolute Gasteiger partial charge is 0.378 e. The highest BCUT2D eigenvalue weighted by atomic mass is 32.3. The molecule has 6 aromatic rings. The third kappa shape index (κ3) is 10.4. The molecule has 1 aliphatic rings. The van der Waals surface area contributed by atoms with Gasteiger partial charge in [-0.25, -0.2) is 0 Å². The highest BCUT2D eigenvalue weighted by molar-refractivity contribution is 8.43. The first-order valence-electron chi connectivity index (χ1n) is 21.1. The third-order valence-electron chi connectivity index (χ3n) is 11.2. The third-order valence-corrected chi connectivity index (χ3v) is 15.0. The standard InChI is InChI=1S/C54H60N6S3/c1-55(2)43-25-13-37(14-26-43)49(38-15-27-44(28-16-38)56(3)4)52-61-53(50(39-17-29-45(30-18-39)57(5)6)40-19-31-46(32-20-40)58(7)8)63-54(62-52)51(41-21-33-47(34-22-41)59(9)10)42-23-35-48(36-24-42)60(11)12/h13-36H,1-12H3. The summed E-state index contributed by atoms with van der Waals surface area (Å²) < 4.78 is 3.69. The lowest BCUT2D eigenvalue weighted by Gasteiger charge is -2.28. The fourth-order valence-electron chi connectivity index (χ4n) is 7.39. The van der Waals surface area contributed by atoms with E-state index in [9.17, 15) is 0 Å².